The van der Waals surface area contributed by atoms with Crippen molar-refractivity contribution >= 4 is 22.6 Å². The first-order chi connectivity index (χ1) is 2.00. The molecule has 0 aromatic carbocycles. The van der Waals surface area contributed by atoms with Crippen LogP contribution < -0.4 is 0 Å². The Morgan fingerprint density at radius 2 is 1.17 bits per heavy atom. The van der Waals surface area contributed by atoms with Crippen LogP contribution in [0.4, 0.5) is 0 Å². The maximum absolute atomic E-state index is 5.70. The van der Waals surface area contributed by atoms with Crippen LogP contribution in [0, 0.1) is 0 Å². The maximum atomic E-state index is 5.70. The summed E-state index contributed by atoms with van der Waals surface area (Å²) in [6, 6.07) is 0. The Morgan fingerprint density at radius 3 is 1.17 bits per heavy atom. The second-order valence-electron chi connectivity index (χ2n) is 1.85. The molecule has 0 saturated heterocycles. The molecule has 0 bridgehead atoms. The molecular weight excluding hydrogens is 343 g/mol. The summed E-state index contributed by atoms with van der Waals surface area (Å²) in [5, 5.41) is 0. The van der Waals surface area contributed by atoms with Crippen molar-refractivity contribution in [1.29, 1.82) is 0 Å². The zero-order chi connectivity index (χ0) is 4.50. The van der Waals surface area contributed by atoms with Crippen LogP contribution >= 0.6 is 9.95 Å². The molecule has 44 valence electrons. The molecule has 0 aliphatic rings. The third kappa shape index (κ3) is 46.6. The summed E-state index contributed by atoms with van der Waals surface area (Å²) in [5.74, 6) is 0. The molecule has 0 saturated carbocycles. The monoisotopic (exact) mass is 352 g/mol. The second-order valence-corrected chi connectivity index (χ2v) is 14.9. The van der Waals surface area contributed by atoms with E-state index in [9.17, 15) is 0 Å². The van der Waals surface area contributed by atoms with Crippen LogP contribution in [-0.2, 0) is 22.4 Å². The van der Waals surface area contributed by atoms with Gasteiger partial charge in [0.15, 0.2) is 0 Å². The molecular formula is C3H9AsAuCl. The second kappa shape index (κ2) is 3.57. The van der Waals surface area contributed by atoms with E-state index in [-0.39, 0.29) is 22.4 Å². The Balaban J connectivity index is 0. The molecule has 0 fully saturated rings. The summed E-state index contributed by atoms with van der Waals surface area (Å²) in [7, 11) is 5.70. The van der Waals surface area contributed by atoms with Gasteiger partial charge in [-0.25, -0.2) is 0 Å². The van der Waals surface area contributed by atoms with Gasteiger partial charge in [-0.05, 0) is 0 Å². The van der Waals surface area contributed by atoms with Crippen LogP contribution in [-0.4, -0.2) is 12.6 Å². The molecule has 0 unspecified atom stereocenters. The Bertz CT molecular complexity index is 26.3. The van der Waals surface area contributed by atoms with E-state index >= 15 is 0 Å². The van der Waals surface area contributed by atoms with Gasteiger partial charge in [-0.3, -0.25) is 0 Å². The smallest absolute Gasteiger partial charge is 0 e. The minimum Gasteiger partial charge on any atom is 0 e. The normalized spacial score (nSPS) is 10.0. The summed E-state index contributed by atoms with van der Waals surface area (Å²) in [6.07, 6.45) is 0. The SMILES string of the molecule is C[As](C)(C)Cl.[Au]. The summed E-state index contributed by atoms with van der Waals surface area (Å²) < 4.78 is 0. The molecule has 0 N–H and O–H groups in total. The molecule has 0 aromatic rings. The van der Waals surface area contributed by atoms with Gasteiger partial charge in [0.1, 0.15) is 0 Å². The van der Waals surface area contributed by atoms with Crippen molar-refractivity contribution in [1.82, 2.24) is 0 Å². The number of hydrogen-bond donors (Lipinski definition) is 0. The average Bonchev–Trinajstić information content (AvgIpc) is 0.722. The van der Waals surface area contributed by atoms with Gasteiger partial charge in [-0.2, -0.15) is 0 Å². The predicted molar refractivity (Wildman–Crippen MR) is 29.2 cm³/mol. The van der Waals surface area contributed by atoms with Gasteiger partial charge < -0.3 is 0 Å². The fraction of sp³-hybridized carbons (Fsp3) is 1.00. The van der Waals surface area contributed by atoms with E-state index in [1.165, 1.54) is 0 Å². The Hall–Kier alpha value is 1.59. The molecule has 0 heterocycles. The van der Waals surface area contributed by atoms with E-state index in [2.05, 4.69) is 17.1 Å². The summed E-state index contributed by atoms with van der Waals surface area (Å²) in [4.78, 5) is 0. The minimum atomic E-state index is -1.40. The molecule has 6 heavy (non-hydrogen) atoms. The zero-order valence-electron chi connectivity index (χ0n) is 4.13. The molecule has 0 aromatic heterocycles. The van der Waals surface area contributed by atoms with Gasteiger partial charge in [-0.15, -0.1) is 0 Å². The first kappa shape index (κ1) is 10.5. The van der Waals surface area contributed by atoms with Crippen molar-refractivity contribution in [3.8, 4) is 0 Å². The van der Waals surface area contributed by atoms with Gasteiger partial charge in [-0.1, -0.05) is 0 Å². The van der Waals surface area contributed by atoms with E-state index in [4.69, 9.17) is 9.95 Å². The summed E-state index contributed by atoms with van der Waals surface area (Å²) in [5.41, 5.74) is 6.37. The largest absolute Gasteiger partial charge is 0 e. The molecule has 0 nitrogen and oxygen atoms in total. The van der Waals surface area contributed by atoms with E-state index in [0.29, 0.717) is 0 Å². The van der Waals surface area contributed by atoms with Crippen LogP contribution in [0.1, 0.15) is 0 Å². The fourth-order valence-electron chi connectivity index (χ4n) is 0. The molecule has 0 amide bonds. The quantitative estimate of drug-likeness (QED) is 0.586. The third-order valence-electron chi connectivity index (χ3n) is 0. The molecule has 2 radical (unpaired) electrons. The molecule has 0 rings (SSSR count). The van der Waals surface area contributed by atoms with E-state index in [1.54, 1.807) is 0 Å². The van der Waals surface area contributed by atoms with Crippen LogP contribution in [0.15, 0.2) is 0 Å². The molecule has 0 aliphatic carbocycles. The molecule has 0 spiro atoms. The van der Waals surface area contributed by atoms with Gasteiger partial charge in [0.25, 0.3) is 0 Å². The minimum absolute atomic E-state index is 0. The summed E-state index contributed by atoms with van der Waals surface area (Å²) in [6.45, 7) is 0. The van der Waals surface area contributed by atoms with Crippen LogP contribution in [0.25, 0.3) is 0 Å². The van der Waals surface area contributed by atoms with Crippen molar-refractivity contribution < 1.29 is 22.4 Å². The Morgan fingerprint density at radius 1 is 1.17 bits per heavy atom. The third-order valence-corrected chi connectivity index (χ3v) is 0. The molecule has 3 heteroatoms. The first-order valence-corrected chi connectivity index (χ1v) is 9.61. The van der Waals surface area contributed by atoms with Gasteiger partial charge in [0, 0.05) is 22.4 Å². The van der Waals surface area contributed by atoms with Crippen molar-refractivity contribution in [3.05, 3.63) is 0 Å². The van der Waals surface area contributed by atoms with Gasteiger partial charge >= 0.3 is 39.7 Å². The first-order valence-electron chi connectivity index (χ1n) is 1.51. The van der Waals surface area contributed by atoms with Crippen LogP contribution in [0.5, 0.6) is 0 Å². The fourth-order valence-corrected chi connectivity index (χ4v) is 0. The maximum Gasteiger partial charge on any atom is 0 e. The van der Waals surface area contributed by atoms with E-state index in [0.717, 1.165) is 0 Å². The number of rotatable bonds is 0. The zero-order valence-corrected chi connectivity index (χ0v) is 8.93. The van der Waals surface area contributed by atoms with Crippen molar-refractivity contribution in [2.75, 3.05) is 0 Å². The van der Waals surface area contributed by atoms with Crippen LogP contribution in [0.2, 0.25) is 17.1 Å². The Labute approximate surface area is 61.8 Å². The van der Waals surface area contributed by atoms with Crippen molar-refractivity contribution in [2.24, 2.45) is 0 Å². The van der Waals surface area contributed by atoms with Crippen LogP contribution in [0.3, 0.4) is 0 Å². The Kier molecular flexibility index (Phi) is 6.28. The average molecular weight is 352 g/mol. The van der Waals surface area contributed by atoms with Crippen molar-refractivity contribution in [2.45, 2.75) is 17.1 Å². The van der Waals surface area contributed by atoms with Gasteiger partial charge in [0.2, 0.25) is 0 Å². The number of hydrogen-bond acceptors (Lipinski definition) is 0. The predicted octanol–water partition coefficient (Wildman–Crippen LogP) is 2.06. The van der Waals surface area contributed by atoms with Gasteiger partial charge in [0.05, 0.1) is 0 Å². The van der Waals surface area contributed by atoms with E-state index < -0.39 is 12.6 Å². The summed E-state index contributed by atoms with van der Waals surface area (Å²) >= 11 is -1.40. The number of halogens is 1. The van der Waals surface area contributed by atoms with Crippen molar-refractivity contribution in [3.63, 3.8) is 0 Å². The molecule has 0 atom stereocenters. The van der Waals surface area contributed by atoms with E-state index in [1.807, 2.05) is 0 Å². The standard InChI is InChI=1S/C3H9AsCl.Au/c1-4(2,3)5;/h1-3H3;. The topological polar surface area (TPSA) is 0 Å². The molecule has 0 aliphatic heterocycles.